The highest BCUT2D eigenvalue weighted by atomic mass is 32.2. The molecule has 6 nitrogen and oxygen atoms in total. The summed E-state index contributed by atoms with van der Waals surface area (Å²) in [6.07, 6.45) is 1.55. The van der Waals surface area contributed by atoms with Crippen LogP contribution in [-0.4, -0.2) is 64.0 Å². The molecule has 0 bridgehead atoms. The summed E-state index contributed by atoms with van der Waals surface area (Å²) in [6.45, 7) is 6.06. The van der Waals surface area contributed by atoms with Crippen LogP contribution >= 0.6 is 0 Å². The number of ether oxygens (including phenoxy) is 1. The second kappa shape index (κ2) is 6.99. The van der Waals surface area contributed by atoms with Gasteiger partial charge in [-0.05, 0) is 46.8 Å². The Morgan fingerprint density at radius 1 is 1.37 bits per heavy atom. The van der Waals surface area contributed by atoms with Crippen LogP contribution < -0.4 is 10.5 Å². The van der Waals surface area contributed by atoms with Gasteiger partial charge in [0, 0.05) is 12.1 Å². The molecule has 114 valence electrons. The molecule has 0 atom stereocenters. The van der Waals surface area contributed by atoms with Crippen molar-refractivity contribution in [1.82, 2.24) is 9.62 Å². The first kappa shape index (κ1) is 16.8. The highest BCUT2D eigenvalue weighted by Gasteiger charge is 2.35. The molecule has 1 aliphatic rings. The van der Waals surface area contributed by atoms with Gasteiger partial charge in [0.25, 0.3) is 0 Å². The number of piperidine rings is 1. The van der Waals surface area contributed by atoms with Gasteiger partial charge in [-0.2, -0.15) is 0 Å². The Bertz CT molecular complexity index is 362. The number of hydrogen-bond donors (Lipinski definition) is 2. The lowest BCUT2D eigenvalue weighted by atomic mass is 9.89. The molecule has 0 spiro atoms. The zero-order valence-corrected chi connectivity index (χ0v) is 13.0. The fraction of sp³-hybridized carbons (Fsp3) is 1.00. The molecule has 1 saturated heterocycles. The molecule has 1 rings (SSSR count). The molecule has 19 heavy (non-hydrogen) atoms. The third kappa shape index (κ3) is 5.74. The van der Waals surface area contributed by atoms with Gasteiger partial charge in [-0.3, -0.25) is 0 Å². The summed E-state index contributed by atoms with van der Waals surface area (Å²) in [5.41, 5.74) is 5.31. The summed E-state index contributed by atoms with van der Waals surface area (Å²) in [5.74, 6) is -0.0111. The maximum absolute atomic E-state index is 12.1. The van der Waals surface area contributed by atoms with Gasteiger partial charge in [-0.15, -0.1) is 0 Å². The van der Waals surface area contributed by atoms with Crippen molar-refractivity contribution in [2.75, 3.05) is 39.0 Å². The molecule has 1 fully saturated rings. The van der Waals surface area contributed by atoms with Gasteiger partial charge in [0.05, 0.1) is 18.5 Å². The zero-order valence-electron chi connectivity index (χ0n) is 12.2. The highest BCUT2D eigenvalue weighted by molar-refractivity contribution is 7.89. The Morgan fingerprint density at radius 2 is 1.95 bits per heavy atom. The van der Waals surface area contributed by atoms with Gasteiger partial charge in [-0.1, -0.05) is 0 Å². The van der Waals surface area contributed by atoms with Crippen molar-refractivity contribution in [2.45, 2.75) is 38.3 Å². The minimum Gasteiger partial charge on any atom is -0.378 e. The molecule has 0 aromatic rings. The van der Waals surface area contributed by atoms with Gasteiger partial charge in [-0.25, -0.2) is 13.1 Å². The van der Waals surface area contributed by atoms with Crippen LogP contribution in [0.5, 0.6) is 0 Å². The fourth-order valence-electron chi connectivity index (χ4n) is 2.17. The van der Waals surface area contributed by atoms with Crippen molar-refractivity contribution in [1.29, 1.82) is 0 Å². The van der Waals surface area contributed by atoms with Crippen molar-refractivity contribution >= 4 is 10.0 Å². The third-order valence-electron chi connectivity index (χ3n) is 3.51. The largest absolute Gasteiger partial charge is 0.378 e. The molecular formula is C12H27N3O3S. The second-order valence-electron chi connectivity index (χ2n) is 5.63. The van der Waals surface area contributed by atoms with Crippen molar-refractivity contribution in [3.05, 3.63) is 0 Å². The van der Waals surface area contributed by atoms with Gasteiger partial charge >= 0.3 is 0 Å². The van der Waals surface area contributed by atoms with E-state index in [9.17, 15) is 8.42 Å². The van der Waals surface area contributed by atoms with E-state index in [0.717, 1.165) is 25.9 Å². The minimum absolute atomic E-state index is 0.0111. The van der Waals surface area contributed by atoms with Crippen molar-refractivity contribution in [2.24, 2.45) is 5.73 Å². The maximum atomic E-state index is 12.1. The van der Waals surface area contributed by atoms with E-state index in [0.29, 0.717) is 6.54 Å². The summed E-state index contributed by atoms with van der Waals surface area (Å²) in [7, 11) is -1.31. The van der Waals surface area contributed by atoms with Crippen LogP contribution in [0, 0.1) is 0 Å². The molecule has 1 aliphatic heterocycles. The molecule has 0 aromatic heterocycles. The van der Waals surface area contributed by atoms with Crippen LogP contribution in [-0.2, 0) is 14.8 Å². The van der Waals surface area contributed by atoms with E-state index in [4.69, 9.17) is 10.5 Å². The van der Waals surface area contributed by atoms with Gasteiger partial charge in [0.15, 0.2) is 0 Å². The van der Waals surface area contributed by atoms with Gasteiger partial charge in [0.2, 0.25) is 10.0 Å². The van der Waals surface area contributed by atoms with E-state index in [1.807, 2.05) is 20.9 Å². The fourth-order valence-corrected chi connectivity index (χ4v) is 3.53. The van der Waals surface area contributed by atoms with Crippen LogP contribution in [0.3, 0.4) is 0 Å². The number of nitrogens with one attached hydrogen (secondary N) is 1. The molecule has 0 unspecified atom stereocenters. The smallest absolute Gasteiger partial charge is 0.214 e. The van der Waals surface area contributed by atoms with E-state index in [-0.39, 0.29) is 18.5 Å². The molecule has 0 saturated carbocycles. The number of likely N-dealkylation sites (tertiary alicyclic amines) is 1. The first-order valence-electron chi connectivity index (χ1n) is 6.80. The topological polar surface area (TPSA) is 84.7 Å². The number of hydrogen-bond acceptors (Lipinski definition) is 5. The Morgan fingerprint density at radius 3 is 2.42 bits per heavy atom. The lowest BCUT2D eigenvalue weighted by molar-refractivity contribution is 0.0909. The average molecular weight is 293 g/mol. The normalized spacial score (nSPS) is 20.9. The Labute approximate surface area is 116 Å². The number of nitrogens with zero attached hydrogens (tertiary/aromatic N) is 1. The zero-order chi connectivity index (χ0) is 14.5. The van der Waals surface area contributed by atoms with Crippen LogP contribution in [0.4, 0.5) is 0 Å². The number of nitrogens with two attached hydrogens (primary N) is 1. The lowest BCUT2D eigenvalue weighted by Crippen LogP contribution is -2.59. The van der Waals surface area contributed by atoms with E-state index in [1.54, 1.807) is 0 Å². The monoisotopic (exact) mass is 293 g/mol. The van der Waals surface area contributed by atoms with E-state index in [1.165, 1.54) is 0 Å². The van der Waals surface area contributed by atoms with E-state index in [2.05, 4.69) is 9.62 Å². The van der Waals surface area contributed by atoms with Gasteiger partial charge < -0.3 is 15.4 Å². The number of sulfonamides is 1. The number of rotatable bonds is 7. The SMILES string of the molecule is CC(C)OCCS(=O)(=O)NC1(CN)CCN(C)CC1. The third-order valence-corrected chi connectivity index (χ3v) is 4.96. The predicted molar refractivity (Wildman–Crippen MR) is 76.5 cm³/mol. The van der Waals surface area contributed by atoms with Gasteiger partial charge in [0.1, 0.15) is 0 Å². The first-order chi connectivity index (χ1) is 8.79. The average Bonchev–Trinajstić information content (AvgIpc) is 2.31. The summed E-state index contributed by atoms with van der Waals surface area (Å²) in [6, 6.07) is 0. The maximum Gasteiger partial charge on any atom is 0.214 e. The molecule has 7 heteroatoms. The second-order valence-corrected chi connectivity index (χ2v) is 7.47. The molecule has 0 aromatic carbocycles. The van der Waals surface area contributed by atoms with Crippen molar-refractivity contribution in [3.63, 3.8) is 0 Å². The predicted octanol–water partition coefficient (Wildman–Crippen LogP) is -0.246. The van der Waals surface area contributed by atoms with Crippen molar-refractivity contribution in [3.8, 4) is 0 Å². The van der Waals surface area contributed by atoms with E-state index >= 15 is 0 Å². The first-order valence-corrected chi connectivity index (χ1v) is 8.46. The quantitative estimate of drug-likeness (QED) is 0.676. The van der Waals surface area contributed by atoms with Crippen LogP contribution in [0.15, 0.2) is 0 Å². The van der Waals surface area contributed by atoms with Crippen LogP contribution in [0.25, 0.3) is 0 Å². The molecule has 1 heterocycles. The molecule has 0 radical (unpaired) electrons. The molecular weight excluding hydrogens is 266 g/mol. The standard InChI is InChI=1S/C12H27N3O3S/c1-11(2)18-8-9-19(16,17)14-12(10-13)4-6-15(3)7-5-12/h11,14H,4-10,13H2,1-3H3. The van der Waals surface area contributed by atoms with E-state index < -0.39 is 15.6 Å². The minimum atomic E-state index is -3.34. The summed E-state index contributed by atoms with van der Waals surface area (Å²) in [5, 5.41) is 0. The molecule has 3 N–H and O–H groups in total. The van der Waals surface area contributed by atoms with Crippen LogP contribution in [0.2, 0.25) is 0 Å². The van der Waals surface area contributed by atoms with Crippen molar-refractivity contribution < 1.29 is 13.2 Å². The lowest BCUT2D eigenvalue weighted by Gasteiger charge is -2.40. The Balaban J connectivity index is 2.54. The Hall–Kier alpha value is -0.210. The summed E-state index contributed by atoms with van der Waals surface area (Å²) >= 11 is 0. The molecule has 0 amide bonds. The molecule has 0 aliphatic carbocycles. The Kier molecular flexibility index (Phi) is 6.19. The highest BCUT2D eigenvalue weighted by Crippen LogP contribution is 2.21. The summed E-state index contributed by atoms with van der Waals surface area (Å²) in [4.78, 5) is 2.18. The van der Waals surface area contributed by atoms with Crippen LogP contribution in [0.1, 0.15) is 26.7 Å². The summed E-state index contributed by atoms with van der Waals surface area (Å²) < 4.78 is 32.2.